The molecule has 0 radical (unpaired) electrons. The van der Waals surface area contributed by atoms with Gasteiger partial charge in [-0.05, 0) is 31.4 Å². The van der Waals surface area contributed by atoms with E-state index in [9.17, 15) is 15.0 Å². The van der Waals surface area contributed by atoms with Crippen LogP contribution in [0.15, 0.2) is 18.2 Å². The molecule has 19 heavy (non-hydrogen) atoms. The molecule has 1 aromatic rings. The van der Waals surface area contributed by atoms with Crippen LogP contribution in [0.4, 0.5) is 0 Å². The molecule has 0 saturated carbocycles. The summed E-state index contributed by atoms with van der Waals surface area (Å²) >= 11 is 0. The molecule has 2 rings (SSSR count). The molecule has 1 heterocycles. The topological polar surface area (TPSA) is 60.8 Å². The number of benzene rings is 1. The highest BCUT2D eigenvalue weighted by Crippen LogP contribution is 2.35. The number of phenolic OH excluding ortho intramolecular Hbond substituents is 2. The number of nitrogens with zero attached hydrogens (tertiary/aromatic N) is 1. The van der Waals surface area contributed by atoms with E-state index in [0.717, 1.165) is 37.8 Å². The fraction of sp³-hybridized carbons (Fsp3) is 0.533. The van der Waals surface area contributed by atoms with Crippen molar-refractivity contribution >= 4 is 5.91 Å². The van der Waals surface area contributed by atoms with E-state index < -0.39 is 0 Å². The Labute approximate surface area is 113 Å². The lowest BCUT2D eigenvalue weighted by Gasteiger charge is -2.35. The van der Waals surface area contributed by atoms with Crippen molar-refractivity contribution in [3.05, 3.63) is 23.8 Å². The number of hydrogen-bond donors (Lipinski definition) is 2. The minimum absolute atomic E-state index is 0.0430. The number of aromatic hydroxyl groups is 2. The first-order chi connectivity index (χ1) is 9.13. The van der Waals surface area contributed by atoms with Crippen molar-refractivity contribution in [3.8, 4) is 11.5 Å². The molecule has 1 amide bonds. The summed E-state index contributed by atoms with van der Waals surface area (Å²) in [5.41, 5.74) is 0.731. The second-order valence-electron chi connectivity index (χ2n) is 5.09. The van der Waals surface area contributed by atoms with Gasteiger partial charge in [-0.2, -0.15) is 0 Å². The first kappa shape index (κ1) is 13.7. The molecule has 0 aromatic heterocycles. The number of carbonyl (C=O) groups excluding carboxylic acids is 1. The fourth-order valence-electron chi connectivity index (χ4n) is 2.72. The summed E-state index contributed by atoms with van der Waals surface area (Å²) in [5.74, 6) is 0.274. The maximum atomic E-state index is 12.1. The van der Waals surface area contributed by atoms with Gasteiger partial charge in [-0.1, -0.05) is 13.3 Å². The molecule has 1 fully saturated rings. The quantitative estimate of drug-likeness (QED) is 0.878. The van der Waals surface area contributed by atoms with Crippen LogP contribution in [0, 0.1) is 0 Å². The van der Waals surface area contributed by atoms with Gasteiger partial charge in [0.1, 0.15) is 11.5 Å². The van der Waals surface area contributed by atoms with Crippen molar-refractivity contribution < 1.29 is 15.0 Å². The maximum absolute atomic E-state index is 12.1. The number of rotatable bonds is 4. The Morgan fingerprint density at radius 2 is 2.11 bits per heavy atom. The Kier molecular flexibility index (Phi) is 4.30. The molecule has 1 unspecified atom stereocenters. The highest BCUT2D eigenvalue weighted by molar-refractivity contribution is 5.77. The van der Waals surface area contributed by atoms with E-state index in [0.29, 0.717) is 6.42 Å². The van der Waals surface area contributed by atoms with Crippen molar-refractivity contribution in [2.75, 3.05) is 6.54 Å². The van der Waals surface area contributed by atoms with Crippen LogP contribution >= 0.6 is 0 Å². The van der Waals surface area contributed by atoms with Crippen molar-refractivity contribution in [3.63, 3.8) is 0 Å². The van der Waals surface area contributed by atoms with Gasteiger partial charge in [-0.15, -0.1) is 0 Å². The van der Waals surface area contributed by atoms with Gasteiger partial charge in [-0.25, -0.2) is 0 Å². The predicted molar refractivity (Wildman–Crippen MR) is 73.0 cm³/mol. The Bertz CT molecular complexity index is 459. The molecular weight excluding hydrogens is 242 g/mol. The lowest BCUT2D eigenvalue weighted by atomic mass is 9.96. The molecule has 1 aromatic carbocycles. The van der Waals surface area contributed by atoms with Crippen molar-refractivity contribution in [2.24, 2.45) is 0 Å². The SMILES string of the molecule is CCCC(c1ccc(O)cc1O)N1CCCCC1=O. The molecule has 0 spiro atoms. The van der Waals surface area contributed by atoms with Gasteiger partial charge < -0.3 is 15.1 Å². The zero-order valence-electron chi connectivity index (χ0n) is 11.3. The van der Waals surface area contributed by atoms with Gasteiger partial charge >= 0.3 is 0 Å². The first-order valence-electron chi connectivity index (χ1n) is 6.94. The van der Waals surface area contributed by atoms with Crippen LogP contribution in [0.3, 0.4) is 0 Å². The summed E-state index contributed by atoms with van der Waals surface area (Å²) in [4.78, 5) is 13.9. The van der Waals surface area contributed by atoms with E-state index in [4.69, 9.17) is 0 Å². The summed E-state index contributed by atoms with van der Waals surface area (Å²) in [6.45, 7) is 2.82. The second-order valence-corrected chi connectivity index (χ2v) is 5.09. The highest BCUT2D eigenvalue weighted by atomic mass is 16.3. The Morgan fingerprint density at radius 3 is 2.74 bits per heavy atom. The molecule has 104 valence electrons. The van der Waals surface area contributed by atoms with Gasteiger partial charge in [0.05, 0.1) is 6.04 Å². The molecule has 4 heteroatoms. The summed E-state index contributed by atoms with van der Waals surface area (Å²) in [7, 11) is 0. The number of likely N-dealkylation sites (tertiary alicyclic amines) is 1. The molecular formula is C15H21NO3. The maximum Gasteiger partial charge on any atom is 0.223 e. The van der Waals surface area contributed by atoms with E-state index in [2.05, 4.69) is 6.92 Å². The zero-order valence-corrected chi connectivity index (χ0v) is 11.3. The fourth-order valence-corrected chi connectivity index (χ4v) is 2.72. The van der Waals surface area contributed by atoms with Crippen LogP contribution in [-0.2, 0) is 4.79 Å². The van der Waals surface area contributed by atoms with Crippen molar-refractivity contribution in [2.45, 2.75) is 45.1 Å². The lowest BCUT2D eigenvalue weighted by Crippen LogP contribution is -2.38. The van der Waals surface area contributed by atoms with E-state index in [1.54, 1.807) is 12.1 Å². The predicted octanol–water partition coefficient (Wildman–Crippen LogP) is 2.95. The third-order valence-corrected chi connectivity index (χ3v) is 3.67. The first-order valence-corrected chi connectivity index (χ1v) is 6.94. The van der Waals surface area contributed by atoms with Gasteiger partial charge in [0, 0.05) is 24.6 Å². The third kappa shape index (κ3) is 3.00. The number of hydrogen-bond acceptors (Lipinski definition) is 3. The van der Waals surface area contributed by atoms with Crippen LogP contribution in [-0.4, -0.2) is 27.6 Å². The van der Waals surface area contributed by atoms with Gasteiger partial charge in [0.25, 0.3) is 0 Å². The van der Waals surface area contributed by atoms with Crippen LogP contribution in [0.25, 0.3) is 0 Å². The number of amides is 1. The summed E-state index contributed by atoms with van der Waals surface area (Å²) in [6.07, 6.45) is 4.33. The third-order valence-electron chi connectivity index (χ3n) is 3.67. The van der Waals surface area contributed by atoms with Crippen molar-refractivity contribution in [1.29, 1.82) is 0 Å². The van der Waals surface area contributed by atoms with Crippen molar-refractivity contribution in [1.82, 2.24) is 4.90 Å². The molecule has 2 N–H and O–H groups in total. The molecule has 4 nitrogen and oxygen atoms in total. The van der Waals surface area contributed by atoms with Crippen LogP contribution < -0.4 is 0 Å². The largest absolute Gasteiger partial charge is 0.508 e. The van der Waals surface area contributed by atoms with Crippen LogP contribution in [0.5, 0.6) is 11.5 Å². The minimum Gasteiger partial charge on any atom is -0.508 e. The minimum atomic E-state index is -0.0848. The smallest absolute Gasteiger partial charge is 0.223 e. The Morgan fingerprint density at radius 1 is 1.32 bits per heavy atom. The van der Waals surface area contributed by atoms with E-state index in [1.165, 1.54) is 6.07 Å². The summed E-state index contributed by atoms with van der Waals surface area (Å²) in [6, 6.07) is 4.53. The molecule has 1 atom stereocenters. The molecule has 0 aliphatic carbocycles. The molecule has 1 aliphatic heterocycles. The standard InChI is InChI=1S/C15H21NO3/c1-2-5-13(16-9-4-3-6-15(16)19)12-8-7-11(17)10-14(12)18/h7-8,10,13,17-18H,2-6,9H2,1H3. The van der Waals surface area contributed by atoms with Gasteiger partial charge in [0.2, 0.25) is 5.91 Å². The van der Waals surface area contributed by atoms with E-state index in [1.807, 2.05) is 4.90 Å². The normalized spacial score (nSPS) is 17.5. The Hall–Kier alpha value is -1.71. The van der Waals surface area contributed by atoms with E-state index in [-0.39, 0.29) is 23.4 Å². The zero-order chi connectivity index (χ0) is 13.8. The van der Waals surface area contributed by atoms with E-state index >= 15 is 0 Å². The monoisotopic (exact) mass is 263 g/mol. The average Bonchev–Trinajstić information content (AvgIpc) is 2.38. The summed E-state index contributed by atoms with van der Waals surface area (Å²) in [5, 5.41) is 19.4. The van der Waals surface area contributed by atoms with Gasteiger partial charge in [-0.3, -0.25) is 4.79 Å². The average molecular weight is 263 g/mol. The number of phenols is 2. The molecule has 0 bridgehead atoms. The van der Waals surface area contributed by atoms with Crippen LogP contribution in [0.1, 0.15) is 50.6 Å². The molecule has 1 aliphatic rings. The number of piperidine rings is 1. The van der Waals surface area contributed by atoms with Gasteiger partial charge in [0.15, 0.2) is 0 Å². The second kappa shape index (κ2) is 5.95. The molecule has 1 saturated heterocycles. The summed E-state index contributed by atoms with van der Waals surface area (Å²) < 4.78 is 0. The lowest BCUT2D eigenvalue weighted by molar-refractivity contribution is -0.136. The van der Waals surface area contributed by atoms with Crippen LogP contribution in [0.2, 0.25) is 0 Å². The highest BCUT2D eigenvalue weighted by Gasteiger charge is 2.28. The number of carbonyl (C=O) groups is 1. The Balaban J connectivity index is 2.30.